The van der Waals surface area contributed by atoms with E-state index < -0.39 is 0 Å². The first-order valence-corrected chi connectivity index (χ1v) is 6.34. The molecule has 1 heterocycles. The Morgan fingerprint density at radius 3 is 2.59 bits per heavy atom. The van der Waals surface area contributed by atoms with Crippen LogP contribution >= 0.6 is 11.3 Å². The van der Waals surface area contributed by atoms with Crippen LogP contribution in [-0.4, -0.2) is 10.5 Å². The molecule has 0 radical (unpaired) electrons. The molecular weight excluding hydrogens is 235 g/mol. The van der Waals surface area contributed by atoms with Gasteiger partial charge >= 0.3 is 0 Å². The van der Waals surface area contributed by atoms with Crippen LogP contribution in [0.1, 0.15) is 17.4 Å². The largest absolute Gasteiger partial charge is 0.325 e. The van der Waals surface area contributed by atoms with Gasteiger partial charge in [0.15, 0.2) is 0 Å². The molecule has 2 rings (SSSR count). The Morgan fingerprint density at radius 1 is 1.29 bits per heavy atom. The Labute approximate surface area is 104 Å². The summed E-state index contributed by atoms with van der Waals surface area (Å²) in [7, 11) is 0. The van der Waals surface area contributed by atoms with Gasteiger partial charge in [-0.2, -0.15) is 0 Å². The lowest BCUT2D eigenvalue weighted by atomic mass is 9.90. The zero-order chi connectivity index (χ0) is 12.3. The van der Waals surface area contributed by atoms with Crippen molar-refractivity contribution in [3.8, 4) is 0 Å². The van der Waals surface area contributed by atoms with E-state index in [2.05, 4.69) is 4.98 Å². The maximum atomic E-state index is 12.8. The third-order valence-electron chi connectivity index (χ3n) is 2.58. The summed E-state index contributed by atoms with van der Waals surface area (Å²) < 4.78 is 12.8. The van der Waals surface area contributed by atoms with Gasteiger partial charge < -0.3 is 5.73 Å². The molecule has 4 heteroatoms. The summed E-state index contributed by atoms with van der Waals surface area (Å²) in [5, 5.41) is 0. The molecule has 1 unspecified atom stereocenters. The number of nitrogens with two attached hydrogens (primary N) is 1. The molecule has 1 atom stereocenters. The molecule has 0 aliphatic heterocycles. The fraction of sp³-hybridized carbons (Fsp3) is 0.308. The van der Waals surface area contributed by atoms with Gasteiger partial charge in [-0.15, -0.1) is 11.3 Å². The molecule has 0 bridgehead atoms. The molecule has 0 aliphatic rings. The third kappa shape index (κ3) is 3.61. The minimum atomic E-state index is -0.329. The van der Waals surface area contributed by atoms with Crippen LogP contribution < -0.4 is 5.73 Å². The minimum Gasteiger partial charge on any atom is -0.325 e. The Kier molecular flexibility index (Phi) is 3.54. The van der Waals surface area contributed by atoms with Crippen molar-refractivity contribution in [2.45, 2.75) is 25.3 Å². The van der Waals surface area contributed by atoms with Crippen LogP contribution in [0.2, 0.25) is 0 Å². The molecule has 0 saturated heterocycles. The number of halogens is 1. The van der Waals surface area contributed by atoms with E-state index in [9.17, 15) is 4.39 Å². The van der Waals surface area contributed by atoms with Crippen molar-refractivity contribution < 1.29 is 4.39 Å². The molecule has 1 aromatic carbocycles. The minimum absolute atomic E-state index is 0.213. The van der Waals surface area contributed by atoms with Crippen LogP contribution in [-0.2, 0) is 12.8 Å². The van der Waals surface area contributed by atoms with E-state index in [0.717, 1.165) is 18.4 Å². The molecule has 17 heavy (non-hydrogen) atoms. The van der Waals surface area contributed by atoms with E-state index in [4.69, 9.17) is 5.73 Å². The van der Waals surface area contributed by atoms with Crippen molar-refractivity contribution in [2.24, 2.45) is 5.73 Å². The van der Waals surface area contributed by atoms with E-state index in [-0.39, 0.29) is 11.4 Å². The van der Waals surface area contributed by atoms with Crippen LogP contribution in [0.4, 0.5) is 4.39 Å². The highest BCUT2D eigenvalue weighted by Crippen LogP contribution is 2.18. The zero-order valence-corrected chi connectivity index (χ0v) is 10.5. The summed E-state index contributed by atoms with van der Waals surface area (Å²) in [5.74, 6) is -0.213. The van der Waals surface area contributed by atoms with Gasteiger partial charge in [-0.1, -0.05) is 12.1 Å². The van der Waals surface area contributed by atoms with Gasteiger partial charge in [-0.25, -0.2) is 4.39 Å². The SMILES string of the molecule is CC(N)(Cc1ccc(F)cc1)Cc1cncs1. The third-order valence-corrected chi connectivity index (χ3v) is 3.36. The Hall–Kier alpha value is -1.26. The van der Waals surface area contributed by atoms with Crippen molar-refractivity contribution in [1.29, 1.82) is 0 Å². The second kappa shape index (κ2) is 4.94. The van der Waals surface area contributed by atoms with Crippen molar-refractivity contribution in [3.05, 3.63) is 52.2 Å². The summed E-state index contributed by atoms with van der Waals surface area (Å²) in [6, 6.07) is 6.51. The highest BCUT2D eigenvalue weighted by atomic mass is 32.1. The van der Waals surface area contributed by atoms with Crippen molar-refractivity contribution >= 4 is 11.3 Å². The number of hydrogen-bond acceptors (Lipinski definition) is 3. The number of aromatic nitrogens is 1. The standard InChI is InChI=1S/C13H15FN2S/c1-13(15,7-12-8-16-9-17-12)6-10-2-4-11(14)5-3-10/h2-5,8-9H,6-7,15H2,1H3. The lowest BCUT2D eigenvalue weighted by Crippen LogP contribution is -2.40. The van der Waals surface area contributed by atoms with E-state index in [1.54, 1.807) is 23.5 Å². The Balaban J connectivity index is 2.03. The fourth-order valence-electron chi connectivity index (χ4n) is 1.86. The van der Waals surface area contributed by atoms with E-state index in [0.29, 0.717) is 0 Å². The summed E-state index contributed by atoms with van der Waals surface area (Å²) >= 11 is 1.61. The molecule has 2 aromatic rings. The normalized spacial score (nSPS) is 14.5. The average Bonchev–Trinajstić information content (AvgIpc) is 2.73. The molecular formula is C13H15FN2S. The van der Waals surface area contributed by atoms with E-state index in [1.807, 2.05) is 18.6 Å². The summed E-state index contributed by atoms with van der Waals surface area (Å²) in [5.41, 5.74) is 8.80. The van der Waals surface area contributed by atoms with Gasteiger partial charge in [0.1, 0.15) is 5.82 Å². The fourth-order valence-corrected chi connectivity index (χ4v) is 2.65. The van der Waals surface area contributed by atoms with Crippen molar-refractivity contribution in [2.75, 3.05) is 0 Å². The summed E-state index contributed by atoms with van der Waals surface area (Å²) in [6.07, 6.45) is 3.36. The van der Waals surface area contributed by atoms with Crippen LogP contribution in [0.25, 0.3) is 0 Å². The molecule has 0 amide bonds. The van der Waals surface area contributed by atoms with Gasteiger partial charge in [0, 0.05) is 23.0 Å². The van der Waals surface area contributed by atoms with Gasteiger partial charge in [0.25, 0.3) is 0 Å². The molecule has 90 valence electrons. The van der Waals surface area contributed by atoms with Crippen LogP contribution in [0.15, 0.2) is 36.0 Å². The van der Waals surface area contributed by atoms with Crippen LogP contribution in [0, 0.1) is 5.82 Å². The highest BCUT2D eigenvalue weighted by Gasteiger charge is 2.20. The number of rotatable bonds is 4. The molecule has 0 aliphatic carbocycles. The predicted octanol–water partition coefficient (Wildman–Crippen LogP) is 2.78. The highest BCUT2D eigenvalue weighted by molar-refractivity contribution is 7.09. The Morgan fingerprint density at radius 2 is 2.00 bits per heavy atom. The lowest BCUT2D eigenvalue weighted by molar-refractivity contribution is 0.465. The van der Waals surface area contributed by atoms with Gasteiger partial charge in [-0.3, -0.25) is 4.98 Å². The van der Waals surface area contributed by atoms with Gasteiger partial charge in [0.05, 0.1) is 5.51 Å². The number of thiazole rings is 1. The quantitative estimate of drug-likeness (QED) is 0.906. The van der Waals surface area contributed by atoms with Crippen molar-refractivity contribution in [1.82, 2.24) is 4.98 Å². The zero-order valence-electron chi connectivity index (χ0n) is 9.69. The molecule has 2 nitrogen and oxygen atoms in total. The van der Waals surface area contributed by atoms with Gasteiger partial charge in [0.2, 0.25) is 0 Å². The molecule has 0 spiro atoms. The van der Waals surface area contributed by atoms with Crippen LogP contribution in [0.3, 0.4) is 0 Å². The van der Waals surface area contributed by atoms with E-state index >= 15 is 0 Å². The number of benzene rings is 1. The first-order valence-electron chi connectivity index (χ1n) is 5.46. The molecule has 0 fully saturated rings. The number of hydrogen-bond donors (Lipinski definition) is 1. The molecule has 1 aromatic heterocycles. The Bertz CT molecular complexity index is 463. The first kappa shape index (κ1) is 12.2. The molecule has 2 N–H and O–H groups in total. The maximum Gasteiger partial charge on any atom is 0.123 e. The average molecular weight is 250 g/mol. The second-order valence-corrected chi connectivity index (χ2v) is 5.57. The predicted molar refractivity (Wildman–Crippen MR) is 68.5 cm³/mol. The second-order valence-electron chi connectivity index (χ2n) is 4.60. The monoisotopic (exact) mass is 250 g/mol. The smallest absolute Gasteiger partial charge is 0.123 e. The lowest BCUT2D eigenvalue weighted by Gasteiger charge is -2.24. The van der Waals surface area contributed by atoms with E-state index in [1.165, 1.54) is 17.0 Å². The topological polar surface area (TPSA) is 38.9 Å². The van der Waals surface area contributed by atoms with Crippen LogP contribution in [0.5, 0.6) is 0 Å². The maximum absolute atomic E-state index is 12.8. The molecule has 0 saturated carbocycles. The van der Waals surface area contributed by atoms with Crippen molar-refractivity contribution in [3.63, 3.8) is 0 Å². The summed E-state index contributed by atoms with van der Waals surface area (Å²) in [4.78, 5) is 5.22. The first-order chi connectivity index (χ1) is 8.05. The van der Waals surface area contributed by atoms with Gasteiger partial charge in [-0.05, 0) is 31.0 Å². The number of nitrogens with zero attached hydrogens (tertiary/aromatic N) is 1. The summed E-state index contributed by atoms with van der Waals surface area (Å²) in [6.45, 7) is 2.01.